The maximum atomic E-state index is 14.0. The molecular weight excluding hydrogens is 483 g/mol. The van der Waals surface area contributed by atoms with E-state index in [1.807, 2.05) is 32.9 Å². The third kappa shape index (κ3) is 5.93. The Hall–Kier alpha value is -4.00. The number of carbonyl (C=O) groups is 1. The number of allylic oxidation sites excluding steroid dienone is 1. The maximum Gasteiger partial charge on any atom is 0.412 e. The molecule has 38 heavy (non-hydrogen) atoms. The Labute approximate surface area is 223 Å². The summed E-state index contributed by atoms with van der Waals surface area (Å²) in [7, 11) is 1.58. The van der Waals surface area contributed by atoms with E-state index < -0.39 is 6.09 Å². The lowest BCUT2D eigenvalue weighted by Gasteiger charge is -2.33. The molecule has 0 fully saturated rings. The highest BCUT2D eigenvalue weighted by Gasteiger charge is 2.27. The van der Waals surface area contributed by atoms with Gasteiger partial charge in [0, 0.05) is 40.6 Å². The van der Waals surface area contributed by atoms with Crippen LogP contribution in [0.2, 0.25) is 0 Å². The van der Waals surface area contributed by atoms with E-state index in [4.69, 9.17) is 14.2 Å². The molecule has 0 saturated carbocycles. The molecule has 0 aromatic heterocycles. The molecule has 0 unspecified atom stereocenters. The summed E-state index contributed by atoms with van der Waals surface area (Å²) in [6.07, 6.45) is 1.66. The molecule has 2 N–H and O–H groups in total. The highest BCUT2D eigenvalue weighted by Crippen LogP contribution is 2.43. The molecule has 0 saturated heterocycles. The van der Waals surface area contributed by atoms with Gasteiger partial charge < -0.3 is 24.8 Å². The van der Waals surface area contributed by atoms with E-state index in [-0.39, 0.29) is 24.0 Å². The predicted molar refractivity (Wildman–Crippen MR) is 150 cm³/mol. The van der Waals surface area contributed by atoms with Crippen molar-refractivity contribution in [3.63, 3.8) is 0 Å². The van der Waals surface area contributed by atoms with Crippen LogP contribution in [0.3, 0.4) is 0 Å². The maximum absolute atomic E-state index is 14.0. The Balaban J connectivity index is 1.79. The molecule has 3 aromatic carbocycles. The minimum atomic E-state index is -0.530. The zero-order valence-electron chi connectivity index (χ0n) is 23.0. The Morgan fingerprint density at radius 3 is 2.47 bits per heavy atom. The lowest BCUT2D eigenvalue weighted by Crippen LogP contribution is -2.32. The average molecular weight is 519 g/mol. The van der Waals surface area contributed by atoms with Gasteiger partial charge in [-0.1, -0.05) is 18.2 Å². The number of amides is 1. The molecule has 6 nitrogen and oxygen atoms in total. The average Bonchev–Trinajstić information content (AvgIpc) is 2.83. The van der Waals surface area contributed by atoms with Crippen LogP contribution in [-0.4, -0.2) is 24.8 Å². The number of benzene rings is 3. The van der Waals surface area contributed by atoms with Crippen molar-refractivity contribution >= 4 is 17.4 Å². The number of hydrogen-bond acceptors (Lipinski definition) is 5. The summed E-state index contributed by atoms with van der Waals surface area (Å²) in [5.74, 6) is 1.06. The van der Waals surface area contributed by atoms with Crippen LogP contribution in [-0.2, 0) is 6.61 Å². The van der Waals surface area contributed by atoms with Crippen LogP contribution in [0.25, 0.3) is 16.7 Å². The van der Waals surface area contributed by atoms with Crippen LogP contribution in [0.15, 0.2) is 54.6 Å². The Morgan fingerprint density at radius 2 is 1.76 bits per heavy atom. The Bertz CT molecular complexity index is 1390. The molecular formula is C31H35FN2O4. The number of hydrogen-bond donors (Lipinski definition) is 2. The number of fused-ring (bicyclic) bond motifs is 1. The minimum Gasteiger partial charge on any atom is -0.496 e. The number of nitrogens with one attached hydrogen (secondary N) is 2. The number of ether oxygens (including phenoxy) is 3. The summed E-state index contributed by atoms with van der Waals surface area (Å²) in [6, 6.07) is 13.9. The van der Waals surface area contributed by atoms with Crippen molar-refractivity contribution < 1.29 is 23.4 Å². The summed E-state index contributed by atoms with van der Waals surface area (Å²) in [5, 5.41) is 6.30. The fourth-order valence-corrected chi connectivity index (χ4v) is 4.81. The van der Waals surface area contributed by atoms with Crippen molar-refractivity contribution in [3.8, 4) is 28.4 Å². The summed E-state index contributed by atoms with van der Waals surface area (Å²) >= 11 is 0. The van der Waals surface area contributed by atoms with E-state index in [2.05, 4.69) is 43.5 Å². The van der Waals surface area contributed by atoms with E-state index in [0.717, 1.165) is 39.1 Å². The van der Waals surface area contributed by atoms with Crippen LogP contribution < -0.4 is 24.8 Å². The summed E-state index contributed by atoms with van der Waals surface area (Å²) in [6.45, 7) is 12.2. The number of anilines is 1. The number of rotatable bonds is 7. The van der Waals surface area contributed by atoms with Gasteiger partial charge in [-0.2, -0.15) is 0 Å². The number of methoxy groups -OCH3 is 1. The second-order valence-corrected chi connectivity index (χ2v) is 10.4. The van der Waals surface area contributed by atoms with Crippen LogP contribution in [0.1, 0.15) is 51.3 Å². The third-order valence-corrected chi connectivity index (χ3v) is 6.34. The van der Waals surface area contributed by atoms with Crippen molar-refractivity contribution in [3.05, 3.63) is 77.1 Å². The highest BCUT2D eigenvalue weighted by molar-refractivity contribution is 5.88. The van der Waals surface area contributed by atoms with Gasteiger partial charge in [-0.3, -0.25) is 0 Å². The zero-order chi connectivity index (χ0) is 27.6. The molecule has 0 aliphatic carbocycles. The van der Waals surface area contributed by atoms with E-state index in [9.17, 15) is 9.18 Å². The number of aryl methyl sites for hydroxylation is 1. The third-order valence-electron chi connectivity index (χ3n) is 6.34. The van der Waals surface area contributed by atoms with Crippen molar-refractivity contribution in [2.45, 2.75) is 59.7 Å². The fraction of sp³-hybridized carbons (Fsp3) is 0.323. The summed E-state index contributed by atoms with van der Waals surface area (Å²) in [4.78, 5) is 12.1. The first kappa shape index (κ1) is 27.0. The quantitative estimate of drug-likeness (QED) is 0.339. The van der Waals surface area contributed by atoms with Gasteiger partial charge in [0.05, 0.1) is 12.6 Å². The predicted octanol–water partition coefficient (Wildman–Crippen LogP) is 7.49. The van der Waals surface area contributed by atoms with Crippen molar-refractivity contribution in [2.24, 2.45) is 0 Å². The minimum absolute atomic E-state index is 0.0432. The summed E-state index contributed by atoms with van der Waals surface area (Å²) < 4.78 is 31.4. The van der Waals surface area contributed by atoms with Crippen LogP contribution in [0.5, 0.6) is 17.2 Å². The topological polar surface area (TPSA) is 68.8 Å². The van der Waals surface area contributed by atoms with Gasteiger partial charge in [0.25, 0.3) is 0 Å². The lowest BCUT2D eigenvalue weighted by molar-refractivity contribution is 0.197. The molecule has 7 heteroatoms. The van der Waals surface area contributed by atoms with Crippen molar-refractivity contribution in [1.82, 2.24) is 5.32 Å². The van der Waals surface area contributed by atoms with Crippen LogP contribution in [0, 0.1) is 12.7 Å². The van der Waals surface area contributed by atoms with E-state index in [1.54, 1.807) is 25.3 Å². The Kier molecular flexibility index (Phi) is 7.67. The standard InChI is InChI=1S/C31H35FN2O4/c1-18(2)33-30(35)38-22-10-11-24(28(15-22)36-7)23-12-13-26-29(20(4)16-31(5,6)34-26)25(23)17-37-27-14-21(32)9-8-19(27)3/h8-16,18,34H,17H2,1-7H3,(H,33,35). The SMILES string of the molecule is COc1cc(OC(=O)NC(C)C)ccc1-c1ccc2c(c1COc1cc(F)ccc1C)C(C)=CC(C)(C)N2. The van der Waals surface area contributed by atoms with Gasteiger partial charge in [0.15, 0.2) is 0 Å². The lowest BCUT2D eigenvalue weighted by atomic mass is 9.85. The van der Waals surface area contributed by atoms with Crippen LogP contribution >= 0.6 is 0 Å². The fourth-order valence-electron chi connectivity index (χ4n) is 4.81. The van der Waals surface area contributed by atoms with Crippen molar-refractivity contribution in [2.75, 3.05) is 12.4 Å². The second kappa shape index (κ2) is 10.8. The normalized spacial score (nSPS) is 13.8. The number of carbonyl (C=O) groups excluding carboxylic acids is 1. The second-order valence-electron chi connectivity index (χ2n) is 10.4. The van der Waals surface area contributed by atoms with Gasteiger partial charge in [-0.05, 0) is 82.5 Å². The molecule has 1 heterocycles. The summed E-state index contributed by atoms with van der Waals surface area (Å²) in [5.41, 5.74) is 6.46. The smallest absolute Gasteiger partial charge is 0.412 e. The van der Waals surface area contributed by atoms with E-state index in [0.29, 0.717) is 17.2 Å². The molecule has 200 valence electrons. The first-order chi connectivity index (χ1) is 18.0. The van der Waals surface area contributed by atoms with E-state index in [1.165, 1.54) is 12.1 Å². The molecule has 0 spiro atoms. The van der Waals surface area contributed by atoms with Gasteiger partial charge in [0.1, 0.15) is 29.7 Å². The zero-order valence-corrected chi connectivity index (χ0v) is 23.0. The largest absolute Gasteiger partial charge is 0.496 e. The monoisotopic (exact) mass is 518 g/mol. The Morgan fingerprint density at radius 1 is 1.03 bits per heavy atom. The molecule has 4 rings (SSSR count). The molecule has 0 bridgehead atoms. The van der Waals surface area contributed by atoms with Gasteiger partial charge in [0.2, 0.25) is 0 Å². The molecule has 1 amide bonds. The van der Waals surface area contributed by atoms with Crippen molar-refractivity contribution in [1.29, 1.82) is 0 Å². The highest BCUT2D eigenvalue weighted by atomic mass is 19.1. The van der Waals surface area contributed by atoms with Gasteiger partial charge >= 0.3 is 6.09 Å². The molecule has 0 atom stereocenters. The molecule has 1 aliphatic rings. The molecule has 0 radical (unpaired) electrons. The van der Waals surface area contributed by atoms with Gasteiger partial charge in [-0.25, -0.2) is 9.18 Å². The van der Waals surface area contributed by atoms with Gasteiger partial charge in [-0.15, -0.1) is 0 Å². The first-order valence-electron chi connectivity index (χ1n) is 12.7. The number of halogens is 1. The molecule has 1 aliphatic heterocycles. The van der Waals surface area contributed by atoms with E-state index >= 15 is 0 Å². The molecule has 3 aromatic rings. The first-order valence-corrected chi connectivity index (χ1v) is 12.7. The van der Waals surface area contributed by atoms with Crippen LogP contribution in [0.4, 0.5) is 14.9 Å².